The van der Waals surface area contributed by atoms with Crippen LogP contribution in [-0.4, -0.2) is 15.7 Å². The first-order chi connectivity index (χ1) is 5.57. The summed E-state index contributed by atoms with van der Waals surface area (Å²) in [5.41, 5.74) is 0.421. The molecule has 0 radical (unpaired) electrons. The number of hydrogen-bond donors (Lipinski definition) is 0. The van der Waals surface area contributed by atoms with Crippen molar-refractivity contribution in [2.75, 3.05) is 0 Å². The first kappa shape index (κ1) is 8.99. The zero-order chi connectivity index (χ0) is 9.30. The lowest BCUT2D eigenvalue weighted by atomic mass is 10.3. The van der Waals surface area contributed by atoms with Gasteiger partial charge in [-0.1, -0.05) is 11.6 Å². The van der Waals surface area contributed by atoms with Gasteiger partial charge in [0.25, 0.3) is 0 Å². The van der Waals surface area contributed by atoms with E-state index in [1.807, 2.05) is 0 Å². The van der Waals surface area contributed by atoms with Crippen molar-refractivity contribution in [3.05, 3.63) is 16.4 Å². The maximum absolute atomic E-state index is 11.5. The van der Waals surface area contributed by atoms with Crippen LogP contribution in [0.1, 0.15) is 16.1 Å². The van der Waals surface area contributed by atoms with Crippen LogP contribution in [0.4, 0.5) is 4.53 Å². The molecule has 0 fully saturated rings. The minimum Gasteiger partial charge on any atom is -0.271 e. The van der Waals surface area contributed by atoms with Gasteiger partial charge in [0.05, 0.1) is 5.69 Å². The quantitative estimate of drug-likeness (QED) is 0.676. The minimum absolute atomic E-state index is 0.0401. The van der Waals surface area contributed by atoms with Crippen molar-refractivity contribution in [3.63, 3.8) is 0 Å². The van der Waals surface area contributed by atoms with Gasteiger partial charge < -0.3 is 0 Å². The molecule has 66 valence electrons. The number of nitrogens with zero attached hydrogens (tertiary/aromatic N) is 2. The van der Waals surface area contributed by atoms with Crippen LogP contribution < -0.4 is 0 Å². The second kappa shape index (κ2) is 3.10. The van der Waals surface area contributed by atoms with Gasteiger partial charge in [0, 0.05) is 11.6 Å². The molecule has 6 heteroatoms. The molecule has 0 aromatic carbocycles. The smallest absolute Gasteiger partial charge is 0.271 e. The molecular weight excluding hydrogens is 187 g/mol. The van der Waals surface area contributed by atoms with E-state index >= 15 is 0 Å². The van der Waals surface area contributed by atoms with Gasteiger partial charge in [-0.05, 0) is 6.92 Å². The molecule has 4 nitrogen and oxygen atoms in total. The van der Waals surface area contributed by atoms with Crippen molar-refractivity contribution in [2.24, 2.45) is 7.05 Å². The maximum atomic E-state index is 11.5. The molecule has 1 aromatic heterocycles. The summed E-state index contributed by atoms with van der Waals surface area (Å²) in [6.07, 6.45) is 0. The number of halogens is 2. The third-order valence-corrected chi connectivity index (χ3v) is 1.83. The van der Waals surface area contributed by atoms with E-state index in [9.17, 15) is 9.32 Å². The highest BCUT2D eigenvalue weighted by Crippen LogP contribution is 2.18. The molecule has 0 aliphatic rings. The van der Waals surface area contributed by atoms with Crippen molar-refractivity contribution >= 4 is 17.6 Å². The Bertz CT molecular complexity index is 324. The van der Waals surface area contributed by atoms with Crippen LogP contribution in [0.15, 0.2) is 0 Å². The van der Waals surface area contributed by atoms with Gasteiger partial charge in [-0.25, -0.2) is 9.74 Å². The molecule has 12 heavy (non-hydrogen) atoms. The van der Waals surface area contributed by atoms with Crippen LogP contribution in [0.5, 0.6) is 0 Å². The summed E-state index contributed by atoms with van der Waals surface area (Å²) in [6, 6.07) is 0. The predicted molar refractivity (Wildman–Crippen MR) is 39.5 cm³/mol. The monoisotopic (exact) mass is 192 g/mol. The van der Waals surface area contributed by atoms with Crippen molar-refractivity contribution < 1.29 is 14.3 Å². The fraction of sp³-hybridized carbons (Fsp3) is 0.333. The molecule has 0 spiro atoms. The fourth-order valence-corrected chi connectivity index (χ4v) is 1.17. The van der Waals surface area contributed by atoms with Crippen molar-refractivity contribution in [2.45, 2.75) is 6.92 Å². The Labute approximate surface area is 72.8 Å². The molecule has 0 N–H and O–H groups in total. The van der Waals surface area contributed by atoms with E-state index in [0.717, 1.165) is 0 Å². The Morgan fingerprint density at radius 2 is 2.33 bits per heavy atom. The molecule has 1 rings (SSSR count). The van der Waals surface area contributed by atoms with Gasteiger partial charge in [-0.3, -0.25) is 4.68 Å². The lowest BCUT2D eigenvalue weighted by Gasteiger charge is -1.93. The molecule has 0 aliphatic heterocycles. The Hall–Kier alpha value is -1.10. The van der Waals surface area contributed by atoms with Crippen LogP contribution in [0.3, 0.4) is 0 Å². The Balaban J connectivity index is 3.22. The highest BCUT2D eigenvalue weighted by Gasteiger charge is 2.20. The lowest BCUT2D eigenvalue weighted by Crippen LogP contribution is -2.01. The van der Waals surface area contributed by atoms with E-state index < -0.39 is 5.97 Å². The lowest BCUT2D eigenvalue weighted by molar-refractivity contribution is -0.0788. The topological polar surface area (TPSA) is 44.1 Å². The molecular formula is C6H6ClFN2O2. The fourth-order valence-electron chi connectivity index (χ4n) is 0.838. The van der Waals surface area contributed by atoms with Gasteiger partial charge in [0.2, 0.25) is 0 Å². The molecule has 0 saturated heterocycles. The summed E-state index contributed by atoms with van der Waals surface area (Å²) in [5, 5.41) is 3.64. The number of carbonyl (C=O) groups excluding carboxylic acids is 1. The van der Waals surface area contributed by atoms with E-state index in [1.165, 1.54) is 4.68 Å². The second-order valence-electron chi connectivity index (χ2n) is 2.24. The van der Waals surface area contributed by atoms with E-state index in [0.29, 0.717) is 5.69 Å². The van der Waals surface area contributed by atoms with Gasteiger partial charge in [0.15, 0.2) is 5.15 Å². The van der Waals surface area contributed by atoms with Gasteiger partial charge in [0.1, 0.15) is 5.56 Å². The Morgan fingerprint density at radius 1 is 1.75 bits per heavy atom. The average molecular weight is 193 g/mol. The summed E-state index contributed by atoms with van der Waals surface area (Å²) in [5.74, 6) is -1.12. The first-order valence-electron chi connectivity index (χ1n) is 3.10. The zero-order valence-corrected chi connectivity index (χ0v) is 7.22. The first-order valence-corrected chi connectivity index (χ1v) is 3.47. The summed E-state index contributed by atoms with van der Waals surface area (Å²) < 4.78 is 12.9. The van der Waals surface area contributed by atoms with Crippen molar-refractivity contribution in [1.29, 1.82) is 0 Å². The predicted octanol–water partition coefficient (Wildman–Crippen LogP) is 1.42. The van der Waals surface area contributed by atoms with Gasteiger partial charge in [-0.2, -0.15) is 5.10 Å². The minimum atomic E-state index is -1.12. The zero-order valence-electron chi connectivity index (χ0n) is 6.47. The van der Waals surface area contributed by atoms with Crippen LogP contribution in [0, 0.1) is 6.92 Å². The summed E-state index contributed by atoms with van der Waals surface area (Å²) in [4.78, 5) is 13.8. The summed E-state index contributed by atoms with van der Waals surface area (Å²) in [7, 11) is 1.59. The van der Waals surface area contributed by atoms with E-state index in [1.54, 1.807) is 14.0 Å². The Kier molecular flexibility index (Phi) is 2.32. The SMILES string of the molecule is Cc1c(C(=O)OF)c(Cl)nn1C. The number of aromatic nitrogens is 2. The largest absolute Gasteiger partial charge is 0.384 e. The van der Waals surface area contributed by atoms with Crippen LogP contribution in [-0.2, 0) is 12.0 Å². The van der Waals surface area contributed by atoms with Gasteiger partial charge in [-0.15, -0.1) is 0 Å². The molecule has 0 atom stereocenters. The van der Waals surface area contributed by atoms with Gasteiger partial charge >= 0.3 is 5.97 Å². The molecule has 1 aromatic rings. The highest BCUT2D eigenvalue weighted by atomic mass is 35.5. The van der Waals surface area contributed by atoms with E-state index in [4.69, 9.17) is 11.6 Å². The van der Waals surface area contributed by atoms with E-state index in [2.05, 4.69) is 10.0 Å². The highest BCUT2D eigenvalue weighted by molar-refractivity contribution is 6.32. The molecule has 0 amide bonds. The summed E-state index contributed by atoms with van der Waals surface area (Å²) in [6.45, 7) is 1.59. The molecule has 1 heterocycles. The number of carbonyl (C=O) groups is 1. The molecule has 0 aliphatic carbocycles. The van der Waals surface area contributed by atoms with Crippen LogP contribution in [0.25, 0.3) is 0 Å². The van der Waals surface area contributed by atoms with Crippen LogP contribution >= 0.6 is 11.6 Å². The maximum Gasteiger partial charge on any atom is 0.384 e. The number of aryl methyl sites for hydroxylation is 1. The standard InChI is InChI=1S/C6H6ClFN2O2/c1-3-4(6(11)12-8)5(7)9-10(3)2/h1-2H3. The third-order valence-electron chi connectivity index (χ3n) is 1.57. The normalized spacial score (nSPS) is 10.0. The summed E-state index contributed by atoms with van der Waals surface area (Å²) >= 11 is 5.52. The number of rotatable bonds is 1. The van der Waals surface area contributed by atoms with Crippen LogP contribution in [0.2, 0.25) is 5.15 Å². The number of hydrogen-bond acceptors (Lipinski definition) is 3. The third kappa shape index (κ3) is 1.27. The average Bonchev–Trinajstić information content (AvgIpc) is 2.26. The van der Waals surface area contributed by atoms with Crippen molar-refractivity contribution in [1.82, 2.24) is 9.78 Å². The van der Waals surface area contributed by atoms with Crippen molar-refractivity contribution in [3.8, 4) is 0 Å². The second-order valence-corrected chi connectivity index (χ2v) is 2.60. The molecule has 0 bridgehead atoms. The molecule has 0 unspecified atom stereocenters. The van der Waals surface area contributed by atoms with E-state index in [-0.39, 0.29) is 10.7 Å². The Morgan fingerprint density at radius 3 is 2.67 bits per heavy atom. The molecule has 0 saturated carbocycles.